The Kier molecular flexibility index (Phi) is 4.63. The highest BCUT2D eigenvalue weighted by Gasteiger charge is 2.22. The molecule has 1 aliphatic carbocycles. The molecule has 1 N–H and O–H groups in total. The van der Waals surface area contributed by atoms with Crippen LogP contribution in [0.2, 0.25) is 0 Å². The van der Waals surface area contributed by atoms with Crippen LogP contribution in [0.5, 0.6) is 0 Å². The summed E-state index contributed by atoms with van der Waals surface area (Å²) in [6.07, 6.45) is 6.90. The molecule has 1 aromatic rings. The third-order valence-electron chi connectivity index (χ3n) is 3.63. The first kappa shape index (κ1) is 13.4. The molecule has 2 atom stereocenters. The van der Waals surface area contributed by atoms with Crippen LogP contribution in [0, 0.1) is 11.8 Å². The van der Waals surface area contributed by atoms with Crippen molar-refractivity contribution in [2.45, 2.75) is 44.3 Å². The Morgan fingerprint density at radius 2 is 2.33 bits per heavy atom. The van der Waals surface area contributed by atoms with Crippen molar-refractivity contribution < 1.29 is 9.90 Å². The molecule has 1 aliphatic rings. The Balaban J connectivity index is 1.96. The number of hydrogen-bond donors (Lipinski definition) is 1. The average Bonchev–Trinajstić information content (AvgIpc) is 2.77. The van der Waals surface area contributed by atoms with Crippen LogP contribution in [0.1, 0.15) is 32.6 Å². The molecule has 1 saturated carbocycles. The number of carboxylic acids is 1. The molecule has 0 radical (unpaired) electrons. The summed E-state index contributed by atoms with van der Waals surface area (Å²) in [5, 5.41) is 17.3. The highest BCUT2D eigenvalue weighted by molar-refractivity contribution is 7.99. The second kappa shape index (κ2) is 6.22. The molecule has 6 heteroatoms. The van der Waals surface area contributed by atoms with Crippen molar-refractivity contribution >= 4 is 17.7 Å². The lowest BCUT2D eigenvalue weighted by Gasteiger charge is -2.29. The molecular weight excluding hydrogens is 250 g/mol. The Bertz CT molecular complexity index is 408. The molecule has 0 spiro atoms. The van der Waals surface area contributed by atoms with Crippen molar-refractivity contribution in [2.24, 2.45) is 11.8 Å². The molecule has 2 rings (SSSR count). The van der Waals surface area contributed by atoms with E-state index in [1.807, 2.05) is 4.57 Å². The van der Waals surface area contributed by atoms with Gasteiger partial charge in [0, 0.05) is 6.54 Å². The van der Waals surface area contributed by atoms with E-state index in [9.17, 15) is 4.79 Å². The quantitative estimate of drug-likeness (QED) is 0.831. The molecule has 5 nitrogen and oxygen atoms in total. The van der Waals surface area contributed by atoms with E-state index in [-0.39, 0.29) is 5.75 Å². The molecular formula is C12H19N3O2S. The molecule has 0 bridgehead atoms. The molecule has 1 fully saturated rings. The first-order valence-corrected chi connectivity index (χ1v) is 7.37. The van der Waals surface area contributed by atoms with Crippen LogP contribution < -0.4 is 0 Å². The summed E-state index contributed by atoms with van der Waals surface area (Å²) in [5.74, 6) is 0.622. The Labute approximate surface area is 111 Å². The molecule has 1 aromatic heterocycles. The van der Waals surface area contributed by atoms with Crippen LogP contribution in [-0.4, -0.2) is 31.6 Å². The minimum absolute atomic E-state index is 0.0406. The molecule has 1 heterocycles. The fourth-order valence-electron chi connectivity index (χ4n) is 2.52. The largest absolute Gasteiger partial charge is 0.481 e. The maximum atomic E-state index is 10.6. The van der Waals surface area contributed by atoms with Gasteiger partial charge in [-0.3, -0.25) is 4.79 Å². The summed E-state index contributed by atoms with van der Waals surface area (Å²) in [6, 6.07) is 0. The monoisotopic (exact) mass is 269 g/mol. The maximum absolute atomic E-state index is 10.6. The van der Waals surface area contributed by atoms with E-state index >= 15 is 0 Å². The highest BCUT2D eigenvalue weighted by atomic mass is 32.2. The smallest absolute Gasteiger partial charge is 0.313 e. The number of rotatable bonds is 5. The summed E-state index contributed by atoms with van der Waals surface area (Å²) in [4.78, 5) is 10.6. The van der Waals surface area contributed by atoms with Gasteiger partial charge in [-0.1, -0.05) is 37.9 Å². The predicted octanol–water partition coefficient (Wildman–Crippen LogP) is 2.28. The van der Waals surface area contributed by atoms with Crippen LogP contribution in [0.4, 0.5) is 0 Å². The van der Waals surface area contributed by atoms with Crippen molar-refractivity contribution in [3.63, 3.8) is 0 Å². The van der Waals surface area contributed by atoms with Crippen LogP contribution in [0.3, 0.4) is 0 Å². The molecule has 2 unspecified atom stereocenters. The van der Waals surface area contributed by atoms with Crippen LogP contribution in [0.25, 0.3) is 0 Å². The number of aromatic nitrogens is 3. The van der Waals surface area contributed by atoms with E-state index in [0.29, 0.717) is 5.92 Å². The van der Waals surface area contributed by atoms with Gasteiger partial charge in [-0.05, 0) is 18.3 Å². The average molecular weight is 269 g/mol. The maximum Gasteiger partial charge on any atom is 0.313 e. The lowest BCUT2D eigenvalue weighted by atomic mass is 9.80. The van der Waals surface area contributed by atoms with Crippen molar-refractivity contribution in [3.05, 3.63) is 6.33 Å². The number of carbonyl (C=O) groups is 1. The topological polar surface area (TPSA) is 68.0 Å². The number of thioether (sulfide) groups is 1. The van der Waals surface area contributed by atoms with Gasteiger partial charge in [0.15, 0.2) is 5.16 Å². The van der Waals surface area contributed by atoms with Crippen molar-refractivity contribution in [1.29, 1.82) is 0 Å². The van der Waals surface area contributed by atoms with Crippen LogP contribution in [-0.2, 0) is 11.3 Å². The van der Waals surface area contributed by atoms with Gasteiger partial charge in [0.25, 0.3) is 0 Å². The summed E-state index contributed by atoms with van der Waals surface area (Å²) < 4.78 is 2.00. The van der Waals surface area contributed by atoms with Gasteiger partial charge >= 0.3 is 5.97 Å². The zero-order valence-electron chi connectivity index (χ0n) is 10.6. The lowest BCUT2D eigenvalue weighted by Crippen LogP contribution is -2.22. The summed E-state index contributed by atoms with van der Waals surface area (Å²) >= 11 is 1.24. The van der Waals surface area contributed by atoms with E-state index in [1.54, 1.807) is 6.33 Å². The van der Waals surface area contributed by atoms with Crippen molar-refractivity contribution in [2.75, 3.05) is 5.75 Å². The number of aliphatic carboxylic acids is 1. The zero-order valence-corrected chi connectivity index (χ0v) is 11.4. The van der Waals surface area contributed by atoms with E-state index < -0.39 is 5.97 Å². The van der Waals surface area contributed by atoms with Gasteiger partial charge in [-0.25, -0.2) is 0 Å². The predicted molar refractivity (Wildman–Crippen MR) is 69.5 cm³/mol. The summed E-state index contributed by atoms with van der Waals surface area (Å²) in [6.45, 7) is 3.22. The highest BCUT2D eigenvalue weighted by Crippen LogP contribution is 2.31. The van der Waals surface area contributed by atoms with Gasteiger partial charge in [-0.15, -0.1) is 10.2 Å². The van der Waals surface area contributed by atoms with E-state index in [2.05, 4.69) is 17.1 Å². The molecule has 100 valence electrons. The minimum atomic E-state index is -0.819. The molecule has 0 aromatic carbocycles. The third-order valence-corrected chi connectivity index (χ3v) is 4.59. The zero-order chi connectivity index (χ0) is 13.0. The van der Waals surface area contributed by atoms with Gasteiger partial charge < -0.3 is 9.67 Å². The first-order valence-electron chi connectivity index (χ1n) is 6.39. The van der Waals surface area contributed by atoms with Gasteiger partial charge in [0.2, 0.25) is 0 Å². The normalized spacial score (nSPS) is 24.1. The number of nitrogens with zero attached hydrogens (tertiary/aromatic N) is 3. The Hall–Kier alpha value is -1.04. The van der Waals surface area contributed by atoms with Crippen molar-refractivity contribution in [3.8, 4) is 0 Å². The summed E-state index contributed by atoms with van der Waals surface area (Å²) in [7, 11) is 0. The second-order valence-electron chi connectivity index (χ2n) is 4.97. The minimum Gasteiger partial charge on any atom is -0.481 e. The van der Waals surface area contributed by atoms with Crippen LogP contribution >= 0.6 is 11.8 Å². The second-order valence-corrected chi connectivity index (χ2v) is 5.91. The molecule has 18 heavy (non-hydrogen) atoms. The van der Waals surface area contributed by atoms with E-state index in [1.165, 1.54) is 37.4 Å². The lowest BCUT2D eigenvalue weighted by molar-refractivity contribution is -0.133. The SMILES string of the molecule is CC1CCCCC1Cn1cnnc1SCC(=O)O. The van der Waals surface area contributed by atoms with E-state index in [4.69, 9.17) is 5.11 Å². The number of carboxylic acid groups (broad SMARTS) is 1. The standard InChI is InChI=1S/C12H19N3O2S/c1-9-4-2-3-5-10(9)6-15-8-13-14-12(15)18-7-11(16)17/h8-10H,2-7H2,1H3,(H,16,17). The fourth-order valence-corrected chi connectivity index (χ4v) is 3.17. The molecule has 0 saturated heterocycles. The number of hydrogen-bond acceptors (Lipinski definition) is 4. The fraction of sp³-hybridized carbons (Fsp3) is 0.750. The van der Waals surface area contributed by atoms with Crippen molar-refractivity contribution in [1.82, 2.24) is 14.8 Å². The van der Waals surface area contributed by atoms with Gasteiger partial charge in [0.1, 0.15) is 6.33 Å². The Morgan fingerprint density at radius 1 is 1.56 bits per heavy atom. The summed E-state index contributed by atoms with van der Waals surface area (Å²) in [5.41, 5.74) is 0. The van der Waals surface area contributed by atoms with Crippen LogP contribution in [0.15, 0.2) is 11.5 Å². The first-order chi connectivity index (χ1) is 8.66. The molecule has 0 aliphatic heterocycles. The van der Waals surface area contributed by atoms with E-state index in [0.717, 1.165) is 17.6 Å². The van der Waals surface area contributed by atoms with Gasteiger partial charge in [-0.2, -0.15) is 0 Å². The third kappa shape index (κ3) is 3.48. The molecule has 0 amide bonds. The van der Waals surface area contributed by atoms with Gasteiger partial charge in [0.05, 0.1) is 5.75 Å². The Morgan fingerprint density at radius 3 is 3.06 bits per heavy atom.